The van der Waals surface area contributed by atoms with Gasteiger partial charge in [0.1, 0.15) is 0 Å². The van der Waals surface area contributed by atoms with Gasteiger partial charge in [-0.05, 0) is 48.7 Å². The molecular formula is C19H18Cl2F2N4O2. The summed E-state index contributed by atoms with van der Waals surface area (Å²) in [6.07, 6.45) is 2.16. The van der Waals surface area contributed by atoms with E-state index in [9.17, 15) is 13.6 Å². The summed E-state index contributed by atoms with van der Waals surface area (Å²) in [4.78, 5) is 12.7. The van der Waals surface area contributed by atoms with Crippen LogP contribution in [0.15, 0.2) is 34.9 Å². The van der Waals surface area contributed by atoms with E-state index >= 15 is 0 Å². The Bertz CT molecular complexity index is 1020. The normalized spacial score (nSPS) is 12.2. The lowest BCUT2D eigenvalue weighted by Gasteiger charge is -2.17. The van der Waals surface area contributed by atoms with Gasteiger partial charge < -0.3 is 15.5 Å². The monoisotopic (exact) mass is 442 g/mol. The van der Waals surface area contributed by atoms with E-state index < -0.39 is 23.6 Å². The molecule has 2 heterocycles. The van der Waals surface area contributed by atoms with Crippen LogP contribution in [0.5, 0.6) is 0 Å². The molecule has 0 saturated heterocycles. The summed E-state index contributed by atoms with van der Waals surface area (Å²) in [7, 11) is 1.68. The zero-order valence-electron chi connectivity index (χ0n) is 15.4. The molecule has 1 amide bonds. The second-order valence-corrected chi connectivity index (χ2v) is 7.21. The number of hydrogen-bond acceptors (Lipinski definition) is 4. The average Bonchev–Trinajstić information content (AvgIpc) is 3.20. The summed E-state index contributed by atoms with van der Waals surface area (Å²) >= 11 is 12.3. The molecule has 154 valence electrons. The zero-order chi connectivity index (χ0) is 21.1. The zero-order valence-corrected chi connectivity index (χ0v) is 16.9. The van der Waals surface area contributed by atoms with Crippen LogP contribution in [-0.4, -0.2) is 28.3 Å². The lowest BCUT2D eigenvalue weighted by Crippen LogP contribution is -2.37. The van der Waals surface area contributed by atoms with Crippen LogP contribution in [0.2, 0.25) is 10.2 Å². The topological polar surface area (TPSA) is 86.1 Å². The maximum atomic E-state index is 13.5. The van der Waals surface area contributed by atoms with Crippen LogP contribution in [0.1, 0.15) is 22.5 Å². The molecule has 10 heteroatoms. The van der Waals surface area contributed by atoms with Gasteiger partial charge in [0.05, 0.1) is 22.5 Å². The maximum absolute atomic E-state index is 13.5. The molecule has 3 aromatic rings. The Morgan fingerprint density at radius 1 is 1.31 bits per heavy atom. The van der Waals surface area contributed by atoms with Crippen LogP contribution in [0.25, 0.3) is 11.3 Å². The van der Waals surface area contributed by atoms with Crippen molar-refractivity contribution in [3.63, 3.8) is 0 Å². The molecule has 0 radical (unpaired) electrons. The SMILES string of the molecule is Cn1ncc(Cl)c1-c1cc(C(=O)N[C@H](CCN)Cc2ccc(F)c(F)c2)oc1Cl. The van der Waals surface area contributed by atoms with E-state index in [-0.39, 0.29) is 17.4 Å². The van der Waals surface area contributed by atoms with Crippen molar-refractivity contribution in [2.45, 2.75) is 18.9 Å². The van der Waals surface area contributed by atoms with Crippen LogP contribution in [0, 0.1) is 11.6 Å². The van der Waals surface area contributed by atoms with Crippen LogP contribution < -0.4 is 11.1 Å². The highest BCUT2D eigenvalue weighted by molar-refractivity contribution is 6.35. The van der Waals surface area contributed by atoms with Gasteiger partial charge in [-0.15, -0.1) is 0 Å². The van der Waals surface area contributed by atoms with Crippen molar-refractivity contribution in [1.29, 1.82) is 0 Å². The Morgan fingerprint density at radius 3 is 2.69 bits per heavy atom. The smallest absolute Gasteiger partial charge is 0.287 e. The number of furan rings is 1. The third kappa shape index (κ3) is 4.77. The minimum Gasteiger partial charge on any atom is -0.439 e. The van der Waals surface area contributed by atoms with Crippen molar-refractivity contribution >= 4 is 29.1 Å². The first-order valence-electron chi connectivity index (χ1n) is 8.72. The van der Waals surface area contributed by atoms with Gasteiger partial charge in [0.2, 0.25) is 5.22 Å². The molecule has 2 aromatic heterocycles. The predicted molar refractivity (Wildman–Crippen MR) is 106 cm³/mol. The molecule has 29 heavy (non-hydrogen) atoms. The van der Waals surface area contributed by atoms with E-state index in [1.165, 1.54) is 23.0 Å². The second-order valence-electron chi connectivity index (χ2n) is 6.46. The summed E-state index contributed by atoms with van der Waals surface area (Å²) < 4.78 is 33.5. The van der Waals surface area contributed by atoms with Gasteiger partial charge in [-0.1, -0.05) is 17.7 Å². The first-order chi connectivity index (χ1) is 13.8. The summed E-state index contributed by atoms with van der Waals surface area (Å²) in [5.74, 6) is -2.41. The molecule has 3 rings (SSSR count). The molecule has 0 fully saturated rings. The summed E-state index contributed by atoms with van der Waals surface area (Å²) in [5, 5.41) is 7.18. The molecule has 0 aliphatic rings. The second kappa shape index (κ2) is 8.94. The lowest BCUT2D eigenvalue weighted by molar-refractivity contribution is 0.0907. The number of halogens is 4. The number of rotatable bonds is 7. The highest BCUT2D eigenvalue weighted by Crippen LogP contribution is 2.35. The van der Waals surface area contributed by atoms with Crippen LogP contribution in [0.3, 0.4) is 0 Å². The number of aryl methyl sites for hydroxylation is 1. The average molecular weight is 443 g/mol. The van der Waals surface area contributed by atoms with Crippen molar-refractivity contribution in [3.8, 4) is 11.3 Å². The standard InChI is InChI=1S/C19H18Cl2F2N4O2/c1-27-17(13(20)9-25-27)12-8-16(29-18(12)21)19(28)26-11(4-5-24)6-10-2-3-14(22)15(23)7-10/h2-3,7-9,11H,4-6,24H2,1H3,(H,26,28)/t11-/m1/s1. The third-order valence-electron chi connectivity index (χ3n) is 4.38. The number of hydrogen-bond donors (Lipinski definition) is 2. The number of aromatic nitrogens is 2. The highest BCUT2D eigenvalue weighted by atomic mass is 35.5. The fourth-order valence-corrected chi connectivity index (χ4v) is 3.48. The number of carbonyl (C=O) groups is 1. The number of nitrogens with zero attached hydrogens (tertiary/aromatic N) is 2. The number of carbonyl (C=O) groups excluding carboxylic acids is 1. The van der Waals surface area contributed by atoms with Crippen molar-refractivity contribution < 1.29 is 18.0 Å². The van der Waals surface area contributed by atoms with Gasteiger partial charge in [0.25, 0.3) is 5.91 Å². The number of nitrogens with one attached hydrogen (secondary N) is 1. The fourth-order valence-electron chi connectivity index (χ4n) is 2.99. The fraction of sp³-hybridized carbons (Fsp3) is 0.263. The third-order valence-corrected chi connectivity index (χ3v) is 4.93. The Morgan fingerprint density at radius 2 is 2.07 bits per heavy atom. The molecule has 0 unspecified atom stereocenters. The van der Waals surface area contributed by atoms with E-state index in [1.807, 2.05) is 0 Å². The van der Waals surface area contributed by atoms with Gasteiger partial charge in [-0.25, -0.2) is 8.78 Å². The Labute approximate surface area is 175 Å². The number of amides is 1. The summed E-state index contributed by atoms with van der Waals surface area (Å²) in [5.41, 5.74) is 7.10. The molecule has 0 aliphatic heterocycles. The molecule has 6 nitrogen and oxygen atoms in total. The van der Waals surface area contributed by atoms with E-state index in [4.69, 9.17) is 33.4 Å². The van der Waals surface area contributed by atoms with Crippen molar-refractivity contribution in [3.05, 3.63) is 63.7 Å². The van der Waals surface area contributed by atoms with Gasteiger partial charge >= 0.3 is 0 Å². The lowest BCUT2D eigenvalue weighted by atomic mass is 10.0. The highest BCUT2D eigenvalue weighted by Gasteiger charge is 2.23. The van der Waals surface area contributed by atoms with E-state index in [2.05, 4.69) is 10.4 Å². The van der Waals surface area contributed by atoms with E-state index in [0.717, 1.165) is 12.1 Å². The van der Waals surface area contributed by atoms with Crippen LogP contribution in [-0.2, 0) is 13.5 Å². The minimum atomic E-state index is -0.948. The van der Waals surface area contributed by atoms with Crippen LogP contribution >= 0.6 is 23.2 Å². The summed E-state index contributed by atoms with van der Waals surface area (Å²) in [6.45, 7) is 0.295. The Hall–Kier alpha value is -2.42. The molecule has 0 bridgehead atoms. The maximum Gasteiger partial charge on any atom is 0.287 e. The minimum absolute atomic E-state index is 0.00312. The Balaban J connectivity index is 1.78. The first kappa shape index (κ1) is 21.3. The number of benzene rings is 1. The predicted octanol–water partition coefficient (Wildman–Crippen LogP) is 3.96. The van der Waals surface area contributed by atoms with Gasteiger partial charge in [0, 0.05) is 19.2 Å². The van der Waals surface area contributed by atoms with Gasteiger partial charge in [-0.3, -0.25) is 9.48 Å². The molecule has 1 aromatic carbocycles. The Kier molecular flexibility index (Phi) is 6.56. The quantitative estimate of drug-likeness (QED) is 0.579. The van der Waals surface area contributed by atoms with Crippen molar-refractivity contribution in [2.75, 3.05) is 6.54 Å². The molecule has 0 aliphatic carbocycles. The van der Waals surface area contributed by atoms with Gasteiger partial charge in [-0.2, -0.15) is 5.10 Å². The molecule has 3 N–H and O–H groups in total. The molecular weight excluding hydrogens is 425 g/mol. The van der Waals surface area contributed by atoms with Crippen molar-refractivity contribution in [1.82, 2.24) is 15.1 Å². The first-order valence-corrected chi connectivity index (χ1v) is 9.47. The molecule has 1 atom stereocenters. The number of nitrogens with two attached hydrogens (primary N) is 1. The molecule has 0 saturated carbocycles. The van der Waals surface area contributed by atoms with E-state index in [1.54, 1.807) is 7.05 Å². The van der Waals surface area contributed by atoms with Gasteiger partial charge in [0.15, 0.2) is 17.4 Å². The van der Waals surface area contributed by atoms with Crippen molar-refractivity contribution in [2.24, 2.45) is 12.8 Å². The molecule has 0 spiro atoms. The largest absolute Gasteiger partial charge is 0.439 e. The van der Waals surface area contributed by atoms with Crippen LogP contribution in [0.4, 0.5) is 8.78 Å². The van der Waals surface area contributed by atoms with E-state index in [0.29, 0.717) is 34.8 Å². The summed E-state index contributed by atoms with van der Waals surface area (Å²) in [6, 6.07) is 4.65.